The molecule has 0 spiro atoms. The fourth-order valence-electron chi connectivity index (χ4n) is 4.15. The number of carbonyl (C=O) groups is 1. The Labute approximate surface area is 150 Å². The smallest absolute Gasteiger partial charge is 0.268 e. The summed E-state index contributed by atoms with van der Waals surface area (Å²) in [6.45, 7) is 2.80. The number of carbonyl (C=O) groups excluding carboxylic acids is 1. The molecule has 2 N–H and O–H groups in total. The van der Waals surface area contributed by atoms with Crippen molar-refractivity contribution in [3.63, 3.8) is 0 Å². The van der Waals surface area contributed by atoms with Gasteiger partial charge in [0.15, 0.2) is 0 Å². The number of hydrogen-bond acceptors (Lipinski definition) is 4. The van der Waals surface area contributed by atoms with E-state index in [1.54, 1.807) is 7.11 Å². The number of methoxy groups -OCH3 is 1. The molecule has 2 heterocycles. The largest absolute Gasteiger partial charge is 0.389 e. The molecule has 1 atom stereocenters. The second kappa shape index (κ2) is 8.83. The van der Waals surface area contributed by atoms with E-state index < -0.39 is 6.10 Å². The molecule has 1 saturated carbocycles. The van der Waals surface area contributed by atoms with Crippen LogP contribution in [0.25, 0.3) is 0 Å². The average Bonchev–Trinajstić information content (AvgIpc) is 3.28. The maximum absolute atomic E-state index is 12.7. The topological polar surface area (TPSA) is 66.7 Å². The van der Waals surface area contributed by atoms with Crippen molar-refractivity contribution in [2.24, 2.45) is 0 Å². The zero-order chi connectivity index (χ0) is 17.6. The molecule has 25 heavy (non-hydrogen) atoms. The highest BCUT2D eigenvalue weighted by molar-refractivity contribution is 5.93. The summed E-state index contributed by atoms with van der Waals surface area (Å²) < 4.78 is 7.14. The molecule has 0 bridgehead atoms. The summed E-state index contributed by atoms with van der Waals surface area (Å²) in [4.78, 5) is 14.9. The minimum absolute atomic E-state index is 0.0507. The predicted octanol–water partition coefficient (Wildman–Crippen LogP) is 1.80. The minimum Gasteiger partial charge on any atom is -0.389 e. The first-order valence-electron chi connectivity index (χ1n) is 9.54. The lowest BCUT2D eigenvalue weighted by Crippen LogP contribution is -2.47. The number of aromatic nitrogens is 1. The van der Waals surface area contributed by atoms with Gasteiger partial charge >= 0.3 is 0 Å². The van der Waals surface area contributed by atoms with Crippen LogP contribution in [0.4, 0.5) is 0 Å². The van der Waals surface area contributed by atoms with Gasteiger partial charge in [0.25, 0.3) is 5.91 Å². The number of ether oxygens (including phenoxy) is 1. The number of rotatable bonds is 7. The van der Waals surface area contributed by atoms with Crippen molar-refractivity contribution in [2.45, 2.75) is 56.7 Å². The number of hydrogen-bond donors (Lipinski definition) is 2. The van der Waals surface area contributed by atoms with E-state index in [1.807, 2.05) is 18.3 Å². The lowest BCUT2D eigenvalue weighted by Gasteiger charge is -2.33. The van der Waals surface area contributed by atoms with Gasteiger partial charge in [-0.3, -0.25) is 4.79 Å². The van der Waals surface area contributed by atoms with Crippen LogP contribution in [0.15, 0.2) is 18.3 Å². The zero-order valence-corrected chi connectivity index (χ0v) is 15.2. The predicted molar refractivity (Wildman–Crippen MR) is 96.7 cm³/mol. The molecule has 1 unspecified atom stereocenters. The third-order valence-electron chi connectivity index (χ3n) is 5.48. The summed E-state index contributed by atoms with van der Waals surface area (Å²) in [6.07, 6.45) is 8.34. The molecule has 1 aliphatic carbocycles. The maximum Gasteiger partial charge on any atom is 0.268 e. The van der Waals surface area contributed by atoms with Gasteiger partial charge in [0.05, 0.1) is 12.7 Å². The maximum atomic E-state index is 12.7. The Morgan fingerprint density at radius 3 is 2.72 bits per heavy atom. The van der Waals surface area contributed by atoms with E-state index in [-0.39, 0.29) is 11.9 Å². The third-order valence-corrected chi connectivity index (χ3v) is 5.48. The fourth-order valence-corrected chi connectivity index (χ4v) is 4.15. The highest BCUT2D eigenvalue weighted by Gasteiger charge is 2.25. The van der Waals surface area contributed by atoms with Crippen LogP contribution in [-0.4, -0.2) is 66.0 Å². The van der Waals surface area contributed by atoms with Gasteiger partial charge in [-0.15, -0.1) is 0 Å². The summed E-state index contributed by atoms with van der Waals surface area (Å²) in [6, 6.07) is 4.62. The van der Waals surface area contributed by atoms with Crippen molar-refractivity contribution in [3.8, 4) is 0 Å². The summed E-state index contributed by atoms with van der Waals surface area (Å²) in [5.74, 6) is 0.0507. The summed E-state index contributed by atoms with van der Waals surface area (Å²) in [7, 11) is 1.60. The number of amides is 1. The van der Waals surface area contributed by atoms with Crippen molar-refractivity contribution in [1.82, 2.24) is 14.8 Å². The lowest BCUT2D eigenvalue weighted by molar-refractivity contribution is 0.0309. The van der Waals surface area contributed by atoms with Crippen LogP contribution in [0.5, 0.6) is 0 Å². The van der Waals surface area contributed by atoms with Crippen molar-refractivity contribution in [1.29, 1.82) is 0 Å². The molecule has 2 fully saturated rings. The van der Waals surface area contributed by atoms with Crippen LogP contribution in [0.1, 0.15) is 55.1 Å². The van der Waals surface area contributed by atoms with Crippen molar-refractivity contribution >= 4 is 5.91 Å². The quantitative estimate of drug-likeness (QED) is 0.788. The van der Waals surface area contributed by atoms with Gasteiger partial charge in [-0.2, -0.15) is 0 Å². The van der Waals surface area contributed by atoms with Gasteiger partial charge in [-0.1, -0.05) is 12.8 Å². The Hall–Kier alpha value is -1.37. The van der Waals surface area contributed by atoms with Crippen LogP contribution in [-0.2, 0) is 4.74 Å². The first kappa shape index (κ1) is 18.4. The van der Waals surface area contributed by atoms with Gasteiger partial charge in [0.2, 0.25) is 0 Å². The van der Waals surface area contributed by atoms with E-state index in [2.05, 4.69) is 14.8 Å². The van der Waals surface area contributed by atoms with Gasteiger partial charge in [-0.25, -0.2) is 0 Å². The Balaban J connectivity index is 1.48. The van der Waals surface area contributed by atoms with Gasteiger partial charge in [0, 0.05) is 45.0 Å². The molecule has 1 aromatic rings. The zero-order valence-electron chi connectivity index (χ0n) is 15.2. The second-order valence-electron chi connectivity index (χ2n) is 7.40. The molecule has 1 saturated heterocycles. The lowest BCUT2D eigenvalue weighted by atomic mass is 10.0. The molecule has 6 heteroatoms. The first-order valence-corrected chi connectivity index (χ1v) is 9.54. The normalized spacial score (nSPS) is 21.5. The Morgan fingerprint density at radius 1 is 1.32 bits per heavy atom. The van der Waals surface area contributed by atoms with E-state index in [0.29, 0.717) is 19.2 Å². The van der Waals surface area contributed by atoms with Crippen LogP contribution in [0.2, 0.25) is 0 Å². The molecule has 2 aliphatic rings. The second-order valence-corrected chi connectivity index (χ2v) is 7.40. The Kier molecular flexibility index (Phi) is 6.51. The average molecular weight is 349 g/mol. The number of nitrogens with zero attached hydrogens (tertiary/aromatic N) is 2. The number of piperidine rings is 1. The highest BCUT2D eigenvalue weighted by atomic mass is 16.5. The number of aliphatic hydroxyl groups is 1. The minimum atomic E-state index is -0.439. The van der Waals surface area contributed by atoms with Gasteiger partial charge in [0.1, 0.15) is 5.69 Å². The molecular formula is C19H31N3O3. The molecule has 1 aromatic heterocycles. The summed E-state index contributed by atoms with van der Waals surface area (Å²) in [5, 5.41) is 13.0. The summed E-state index contributed by atoms with van der Waals surface area (Å²) >= 11 is 0. The first-order chi connectivity index (χ1) is 12.2. The standard InChI is InChI=1S/C19H31N3O3/c1-25-14-17(23)13-21-11-8-15(9-12-21)20-19(24)18-7-4-10-22(18)16-5-2-3-6-16/h4,7,10,15-17,23H,2-3,5-6,8-9,11-14H2,1H3,(H,20,24). The van der Waals surface area contributed by atoms with E-state index in [9.17, 15) is 9.90 Å². The van der Waals surface area contributed by atoms with E-state index in [1.165, 1.54) is 25.7 Å². The molecule has 1 aliphatic heterocycles. The van der Waals surface area contributed by atoms with Crippen LogP contribution < -0.4 is 5.32 Å². The molecule has 140 valence electrons. The van der Waals surface area contributed by atoms with E-state index in [4.69, 9.17) is 4.74 Å². The van der Waals surface area contributed by atoms with E-state index >= 15 is 0 Å². The van der Waals surface area contributed by atoms with Crippen molar-refractivity contribution < 1.29 is 14.6 Å². The molecule has 0 aromatic carbocycles. The van der Waals surface area contributed by atoms with Crippen LogP contribution in [0, 0.1) is 0 Å². The van der Waals surface area contributed by atoms with Crippen LogP contribution in [0.3, 0.4) is 0 Å². The SMILES string of the molecule is COCC(O)CN1CCC(NC(=O)c2cccn2C2CCCC2)CC1. The molecule has 6 nitrogen and oxygen atoms in total. The Bertz CT molecular complexity index is 546. The monoisotopic (exact) mass is 349 g/mol. The van der Waals surface area contributed by atoms with Crippen LogP contribution >= 0.6 is 0 Å². The molecular weight excluding hydrogens is 318 g/mol. The van der Waals surface area contributed by atoms with Crippen molar-refractivity contribution in [3.05, 3.63) is 24.0 Å². The Morgan fingerprint density at radius 2 is 2.04 bits per heavy atom. The molecule has 1 amide bonds. The number of aliphatic hydroxyl groups excluding tert-OH is 1. The van der Waals surface area contributed by atoms with Gasteiger partial charge < -0.3 is 24.6 Å². The third kappa shape index (κ3) is 4.84. The molecule has 3 rings (SSSR count). The number of likely N-dealkylation sites (tertiary alicyclic amines) is 1. The number of nitrogens with one attached hydrogen (secondary N) is 1. The molecule has 0 radical (unpaired) electrons. The fraction of sp³-hybridized carbons (Fsp3) is 0.737. The van der Waals surface area contributed by atoms with Crippen molar-refractivity contribution in [2.75, 3.05) is 33.4 Å². The van der Waals surface area contributed by atoms with E-state index in [0.717, 1.165) is 31.6 Å². The van der Waals surface area contributed by atoms with Gasteiger partial charge in [-0.05, 0) is 37.8 Å². The highest BCUT2D eigenvalue weighted by Crippen LogP contribution is 2.30. The summed E-state index contributed by atoms with van der Waals surface area (Å²) in [5.41, 5.74) is 0.796. The number of β-amino-alcohol motifs (C(OH)–C–C–N with tert-alkyl or cyclic N) is 1.